The number of hydrogen-bond acceptors (Lipinski definition) is 6. The quantitative estimate of drug-likeness (QED) is 0.482. The van der Waals surface area contributed by atoms with Crippen molar-refractivity contribution in [3.8, 4) is 11.8 Å². The van der Waals surface area contributed by atoms with Gasteiger partial charge in [-0.1, -0.05) is 30.3 Å². The van der Waals surface area contributed by atoms with Gasteiger partial charge in [-0.05, 0) is 29.8 Å². The average molecular weight is 404 g/mol. The van der Waals surface area contributed by atoms with Crippen LogP contribution in [-0.2, 0) is 22.7 Å². The molecule has 1 heterocycles. The first-order chi connectivity index (χ1) is 14.5. The highest BCUT2D eigenvalue weighted by Crippen LogP contribution is 2.25. The Hall–Kier alpha value is -3.96. The van der Waals surface area contributed by atoms with E-state index in [-0.39, 0.29) is 24.5 Å². The number of ether oxygens (including phenoxy) is 1. The number of benzene rings is 2. The van der Waals surface area contributed by atoms with Crippen molar-refractivity contribution < 1.29 is 14.6 Å². The van der Waals surface area contributed by atoms with Gasteiger partial charge in [0.2, 0.25) is 0 Å². The third-order valence-corrected chi connectivity index (χ3v) is 4.63. The van der Waals surface area contributed by atoms with E-state index in [9.17, 15) is 20.0 Å². The van der Waals surface area contributed by atoms with Gasteiger partial charge in [-0.15, -0.1) is 0 Å². The Morgan fingerprint density at radius 1 is 1.33 bits per heavy atom. The molecular weight excluding hydrogens is 384 g/mol. The highest BCUT2D eigenvalue weighted by Gasteiger charge is 2.15. The summed E-state index contributed by atoms with van der Waals surface area (Å²) >= 11 is 0. The van der Waals surface area contributed by atoms with Gasteiger partial charge in [-0.3, -0.25) is 9.59 Å². The van der Waals surface area contributed by atoms with E-state index in [0.717, 1.165) is 10.8 Å². The van der Waals surface area contributed by atoms with Gasteiger partial charge in [0.15, 0.2) is 0 Å². The van der Waals surface area contributed by atoms with Crippen LogP contribution in [0.2, 0.25) is 0 Å². The summed E-state index contributed by atoms with van der Waals surface area (Å²) in [7, 11) is 1.47. The van der Waals surface area contributed by atoms with Crippen LogP contribution in [0.3, 0.4) is 0 Å². The summed E-state index contributed by atoms with van der Waals surface area (Å²) in [6.07, 6.45) is 1.35. The molecule has 152 valence electrons. The topological polar surface area (TPSA) is 117 Å². The van der Waals surface area contributed by atoms with Crippen molar-refractivity contribution >= 4 is 22.9 Å². The molecule has 0 aliphatic carbocycles. The molecule has 0 unspecified atom stereocenters. The molecule has 8 nitrogen and oxygen atoms in total. The summed E-state index contributed by atoms with van der Waals surface area (Å²) in [6, 6.07) is 14.3. The number of hydrazone groups is 1. The predicted octanol–water partition coefficient (Wildman–Crippen LogP) is 2.18. The molecule has 0 atom stereocenters. The van der Waals surface area contributed by atoms with E-state index in [0.29, 0.717) is 16.8 Å². The van der Waals surface area contributed by atoms with E-state index in [1.54, 1.807) is 25.1 Å². The normalized spacial score (nSPS) is 11.0. The number of carbonyl (C=O) groups is 1. The van der Waals surface area contributed by atoms with Crippen molar-refractivity contribution in [3.05, 3.63) is 75.2 Å². The number of hydrogen-bond donors (Lipinski definition) is 2. The van der Waals surface area contributed by atoms with Crippen molar-refractivity contribution in [3.63, 3.8) is 0 Å². The largest absolute Gasteiger partial charge is 0.507 e. The number of nitriles is 1. The number of aromatic hydroxyl groups is 1. The molecule has 0 radical (unpaired) electrons. The van der Waals surface area contributed by atoms with Crippen LogP contribution >= 0.6 is 0 Å². The van der Waals surface area contributed by atoms with Crippen molar-refractivity contribution in [1.29, 1.82) is 5.26 Å². The summed E-state index contributed by atoms with van der Waals surface area (Å²) in [4.78, 5) is 24.9. The van der Waals surface area contributed by atoms with Crippen LogP contribution in [0.25, 0.3) is 10.8 Å². The maximum absolute atomic E-state index is 12.6. The maximum Gasteiger partial charge on any atom is 0.269 e. The molecule has 0 bridgehead atoms. The van der Waals surface area contributed by atoms with Gasteiger partial charge in [0, 0.05) is 23.9 Å². The number of pyridine rings is 1. The van der Waals surface area contributed by atoms with Crippen LogP contribution in [0.1, 0.15) is 22.4 Å². The molecule has 2 N–H and O–H groups in total. The van der Waals surface area contributed by atoms with Crippen molar-refractivity contribution in [1.82, 2.24) is 9.99 Å². The van der Waals surface area contributed by atoms with Crippen LogP contribution in [-0.4, -0.2) is 28.9 Å². The molecular formula is C22H20N4O4. The van der Waals surface area contributed by atoms with Gasteiger partial charge >= 0.3 is 0 Å². The second kappa shape index (κ2) is 9.03. The van der Waals surface area contributed by atoms with Gasteiger partial charge in [0.05, 0.1) is 12.8 Å². The third-order valence-electron chi connectivity index (χ3n) is 4.63. The molecule has 0 saturated heterocycles. The fourth-order valence-corrected chi connectivity index (χ4v) is 3.19. The summed E-state index contributed by atoms with van der Waals surface area (Å²) in [5, 5.41) is 25.0. The molecule has 1 amide bonds. The highest BCUT2D eigenvalue weighted by atomic mass is 16.5. The van der Waals surface area contributed by atoms with Gasteiger partial charge in [-0.25, -0.2) is 5.43 Å². The monoisotopic (exact) mass is 404 g/mol. The number of phenolic OH excluding ortho intramolecular Hbond substituents is 1. The molecule has 0 spiro atoms. The Morgan fingerprint density at radius 3 is 2.83 bits per heavy atom. The maximum atomic E-state index is 12.6. The fourth-order valence-electron chi connectivity index (χ4n) is 3.19. The Labute approximate surface area is 172 Å². The molecule has 0 fully saturated rings. The summed E-state index contributed by atoms with van der Waals surface area (Å²) in [5.41, 5.74) is 3.21. The molecule has 2 aromatic carbocycles. The number of methoxy groups -OCH3 is 1. The molecule has 3 aromatic rings. The predicted molar refractivity (Wildman–Crippen MR) is 112 cm³/mol. The van der Waals surface area contributed by atoms with Gasteiger partial charge in [-0.2, -0.15) is 10.4 Å². The lowest BCUT2D eigenvalue weighted by Crippen LogP contribution is -2.33. The second-order valence-electron chi connectivity index (χ2n) is 6.63. The van der Waals surface area contributed by atoms with Crippen LogP contribution in [0.5, 0.6) is 5.75 Å². The van der Waals surface area contributed by atoms with Crippen LogP contribution < -0.4 is 11.0 Å². The summed E-state index contributed by atoms with van der Waals surface area (Å²) in [6.45, 7) is 1.50. The summed E-state index contributed by atoms with van der Waals surface area (Å²) in [5.74, 6) is -0.509. The second-order valence-corrected chi connectivity index (χ2v) is 6.63. The lowest BCUT2D eigenvalue weighted by Gasteiger charge is -2.12. The lowest BCUT2D eigenvalue weighted by atomic mass is 10.0. The molecule has 3 rings (SSSR count). The molecule has 1 aromatic heterocycles. The SMILES string of the molecule is COCc1cc(C)n(CC(=O)N/N=C/c2c(O)ccc3ccccc23)c(=O)c1C#N. The number of nitrogens with zero attached hydrogens (tertiary/aromatic N) is 3. The molecule has 0 aliphatic heterocycles. The van der Waals surface area contributed by atoms with E-state index >= 15 is 0 Å². The van der Waals surface area contributed by atoms with Gasteiger partial charge in [0.25, 0.3) is 11.5 Å². The first-order valence-corrected chi connectivity index (χ1v) is 9.11. The first kappa shape index (κ1) is 20.8. The number of carbonyl (C=O) groups excluding carboxylic acids is 1. The zero-order valence-electron chi connectivity index (χ0n) is 16.5. The molecule has 8 heteroatoms. The Balaban J connectivity index is 1.80. The van der Waals surface area contributed by atoms with Crippen molar-refractivity contribution in [2.75, 3.05) is 7.11 Å². The fraction of sp³-hybridized carbons (Fsp3) is 0.182. The minimum absolute atomic E-state index is 0.0335. The van der Waals surface area contributed by atoms with E-state index in [4.69, 9.17) is 4.74 Å². The van der Waals surface area contributed by atoms with Gasteiger partial charge < -0.3 is 14.4 Å². The highest BCUT2D eigenvalue weighted by molar-refractivity contribution is 6.02. The molecule has 0 saturated carbocycles. The standard InChI is InChI=1S/C22H20N4O4/c1-14-9-16(13-30-2)18(10-23)22(29)26(14)12-21(28)25-24-11-19-17-6-4-3-5-15(17)7-8-20(19)27/h3-9,11,27H,12-13H2,1-2H3,(H,25,28)/b24-11+. The number of aromatic nitrogens is 1. The van der Waals surface area contributed by atoms with Crippen molar-refractivity contribution in [2.45, 2.75) is 20.1 Å². The number of rotatable bonds is 6. The number of amides is 1. The average Bonchev–Trinajstić information content (AvgIpc) is 2.73. The minimum atomic E-state index is -0.560. The number of fused-ring (bicyclic) bond motifs is 1. The Morgan fingerprint density at radius 2 is 2.10 bits per heavy atom. The van der Waals surface area contributed by atoms with E-state index in [1.807, 2.05) is 30.3 Å². The third kappa shape index (κ3) is 4.21. The number of aryl methyl sites for hydroxylation is 1. The lowest BCUT2D eigenvalue weighted by molar-refractivity contribution is -0.121. The van der Waals surface area contributed by atoms with Crippen LogP contribution in [0, 0.1) is 18.3 Å². The number of phenols is 1. The molecule has 30 heavy (non-hydrogen) atoms. The van der Waals surface area contributed by atoms with Crippen molar-refractivity contribution in [2.24, 2.45) is 5.10 Å². The Kier molecular flexibility index (Phi) is 6.25. The Bertz CT molecular complexity index is 1240. The zero-order chi connectivity index (χ0) is 21.7. The molecule has 0 aliphatic rings. The van der Waals surface area contributed by atoms with E-state index in [1.165, 1.54) is 17.9 Å². The first-order valence-electron chi connectivity index (χ1n) is 9.11. The number of nitrogens with one attached hydrogen (secondary N) is 1. The van der Waals surface area contributed by atoms with Crippen LogP contribution in [0.4, 0.5) is 0 Å². The van der Waals surface area contributed by atoms with Crippen LogP contribution in [0.15, 0.2) is 52.4 Å². The smallest absolute Gasteiger partial charge is 0.269 e. The zero-order valence-corrected chi connectivity index (χ0v) is 16.5. The summed E-state index contributed by atoms with van der Waals surface area (Å²) < 4.78 is 6.22. The van der Waals surface area contributed by atoms with E-state index in [2.05, 4.69) is 10.5 Å². The minimum Gasteiger partial charge on any atom is -0.507 e. The van der Waals surface area contributed by atoms with E-state index < -0.39 is 11.5 Å². The van der Waals surface area contributed by atoms with Gasteiger partial charge in [0.1, 0.15) is 23.9 Å².